The number of amides is 1. The van der Waals surface area contributed by atoms with Crippen LogP contribution in [-0.4, -0.2) is 58.5 Å². The molecule has 0 bridgehead atoms. The number of H-pyrrole nitrogens is 1. The molecule has 1 amide bonds. The van der Waals surface area contributed by atoms with Crippen LogP contribution in [0.3, 0.4) is 0 Å². The zero-order chi connectivity index (χ0) is 14.5. The van der Waals surface area contributed by atoms with Crippen molar-refractivity contribution >= 4 is 11.6 Å². The molecular weight excluding hydrogens is 260 g/mol. The van der Waals surface area contributed by atoms with Crippen LogP contribution in [0, 0.1) is 0 Å². The van der Waals surface area contributed by atoms with Gasteiger partial charge in [-0.3, -0.25) is 9.89 Å². The van der Waals surface area contributed by atoms with Crippen LogP contribution in [0.4, 0.5) is 5.69 Å². The number of anilines is 1. The minimum Gasteiger partial charge on any atom is -0.395 e. The molecule has 1 aliphatic rings. The van der Waals surface area contributed by atoms with E-state index in [1.165, 1.54) is 0 Å². The Labute approximate surface area is 118 Å². The van der Waals surface area contributed by atoms with Crippen LogP contribution >= 0.6 is 0 Å². The Bertz CT molecular complexity index is 452. The summed E-state index contributed by atoms with van der Waals surface area (Å²) >= 11 is 0. The van der Waals surface area contributed by atoms with Crippen molar-refractivity contribution in [3.8, 4) is 0 Å². The molecule has 0 unspecified atom stereocenters. The molecular formula is C13H22N4O3. The number of aromatic nitrogens is 2. The third-order valence-corrected chi connectivity index (χ3v) is 3.61. The molecule has 7 heteroatoms. The molecule has 20 heavy (non-hydrogen) atoms. The van der Waals surface area contributed by atoms with E-state index in [1.54, 1.807) is 4.90 Å². The summed E-state index contributed by atoms with van der Waals surface area (Å²) in [6.07, 6.45) is 2.39. The van der Waals surface area contributed by atoms with Gasteiger partial charge in [-0.15, -0.1) is 0 Å². The number of carbonyl (C=O) groups excluding carboxylic acids is 1. The number of hydrogen-bond acceptors (Lipinski definition) is 5. The summed E-state index contributed by atoms with van der Waals surface area (Å²) < 4.78 is 5.48. The van der Waals surface area contributed by atoms with Crippen molar-refractivity contribution in [3.05, 3.63) is 11.4 Å². The van der Waals surface area contributed by atoms with E-state index in [1.807, 2.05) is 6.92 Å². The molecule has 2 heterocycles. The molecule has 1 fully saturated rings. The monoisotopic (exact) mass is 282 g/mol. The first kappa shape index (κ1) is 14.8. The van der Waals surface area contributed by atoms with E-state index >= 15 is 0 Å². The SMILES string of the molecule is CCc1[nH]nc(C(=O)N2CCC(OCCO)CC2)c1N. The van der Waals surface area contributed by atoms with E-state index in [4.69, 9.17) is 15.6 Å². The van der Waals surface area contributed by atoms with Gasteiger partial charge in [0, 0.05) is 13.1 Å². The van der Waals surface area contributed by atoms with Gasteiger partial charge in [0.1, 0.15) is 0 Å². The van der Waals surface area contributed by atoms with Crippen LogP contribution < -0.4 is 5.73 Å². The highest BCUT2D eigenvalue weighted by molar-refractivity contribution is 5.97. The number of carbonyl (C=O) groups is 1. The van der Waals surface area contributed by atoms with Gasteiger partial charge in [0.05, 0.1) is 30.7 Å². The van der Waals surface area contributed by atoms with E-state index in [0.29, 0.717) is 31.1 Å². The first-order valence-electron chi connectivity index (χ1n) is 7.01. The number of nitrogens with two attached hydrogens (primary N) is 1. The quantitative estimate of drug-likeness (QED) is 0.714. The topological polar surface area (TPSA) is 104 Å². The maximum atomic E-state index is 12.4. The zero-order valence-corrected chi connectivity index (χ0v) is 11.8. The second-order valence-electron chi connectivity index (χ2n) is 4.90. The van der Waals surface area contributed by atoms with Gasteiger partial charge in [0.2, 0.25) is 0 Å². The largest absolute Gasteiger partial charge is 0.395 e. The van der Waals surface area contributed by atoms with Crippen LogP contribution in [0.1, 0.15) is 35.9 Å². The maximum absolute atomic E-state index is 12.4. The number of rotatable bonds is 5. The highest BCUT2D eigenvalue weighted by Gasteiger charge is 2.27. The van der Waals surface area contributed by atoms with Gasteiger partial charge in [-0.1, -0.05) is 6.92 Å². The normalized spacial score (nSPS) is 16.6. The Hall–Kier alpha value is -1.60. The molecule has 7 nitrogen and oxygen atoms in total. The van der Waals surface area contributed by atoms with Crippen molar-refractivity contribution in [2.45, 2.75) is 32.3 Å². The van der Waals surface area contributed by atoms with E-state index in [-0.39, 0.29) is 18.6 Å². The molecule has 0 atom stereocenters. The summed E-state index contributed by atoms with van der Waals surface area (Å²) in [6.45, 7) is 3.60. The Morgan fingerprint density at radius 3 is 2.80 bits per heavy atom. The Kier molecular flexibility index (Phi) is 4.97. The minimum absolute atomic E-state index is 0.0305. The van der Waals surface area contributed by atoms with Gasteiger partial charge in [0.15, 0.2) is 5.69 Å². The third kappa shape index (κ3) is 3.10. The average Bonchev–Trinajstić information content (AvgIpc) is 2.86. The van der Waals surface area contributed by atoms with E-state index in [2.05, 4.69) is 10.2 Å². The van der Waals surface area contributed by atoms with Gasteiger partial charge >= 0.3 is 0 Å². The standard InChI is InChI=1S/C13H22N4O3/c1-2-10-11(14)12(16-15-10)13(19)17-5-3-9(4-6-17)20-8-7-18/h9,18H,2-8,14H2,1H3,(H,15,16). The number of nitrogen functional groups attached to an aromatic ring is 1. The second-order valence-corrected chi connectivity index (χ2v) is 4.90. The Balaban J connectivity index is 1.93. The molecule has 1 aromatic heterocycles. The number of ether oxygens (including phenoxy) is 1. The van der Waals surface area contributed by atoms with E-state index < -0.39 is 0 Å². The number of hydrogen-bond donors (Lipinski definition) is 3. The minimum atomic E-state index is -0.126. The molecule has 0 aliphatic carbocycles. The number of aryl methyl sites for hydroxylation is 1. The number of piperidine rings is 1. The van der Waals surface area contributed by atoms with Crippen LogP contribution in [0.5, 0.6) is 0 Å². The van der Waals surface area contributed by atoms with Crippen LogP contribution in [-0.2, 0) is 11.2 Å². The Morgan fingerprint density at radius 1 is 1.55 bits per heavy atom. The molecule has 0 saturated carbocycles. The Morgan fingerprint density at radius 2 is 2.25 bits per heavy atom. The summed E-state index contributed by atoms with van der Waals surface area (Å²) in [5.41, 5.74) is 7.49. The van der Waals surface area contributed by atoms with Crippen molar-refractivity contribution in [3.63, 3.8) is 0 Å². The lowest BCUT2D eigenvalue weighted by molar-refractivity contribution is -0.00562. The average molecular weight is 282 g/mol. The second kappa shape index (κ2) is 6.71. The summed E-state index contributed by atoms with van der Waals surface area (Å²) in [5, 5.41) is 15.6. The van der Waals surface area contributed by atoms with Gasteiger partial charge < -0.3 is 20.5 Å². The first-order valence-corrected chi connectivity index (χ1v) is 7.01. The van der Waals surface area contributed by atoms with Crippen LogP contribution in [0.2, 0.25) is 0 Å². The number of nitrogens with one attached hydrogen (secondary N) is 1. The molecule has 0 spiro atoms. The molecule has 1 aromatic rings. The van der Waals surface area contributed by atoms with Gasteiger partial charge in [-0.05, 0) is 19.3 Å². The van der Waals surface area contributed by atoms with E-state index in [9.17, 15) is 4.79 Å². The lowest BCUT2D eigenvalue weighted by Crippen LogP contribution is -2.41. The fraction of sp³-hybridized carbons (Fsp3) is 0.692. The number of nitrogens with zero attached hydrogens (tertiary/aromatic N) is 2. The van der Waals surface area contributed by atoms with Gasteiger partial charge in [-0.2, -0.15) is 5.10 Å². The summed E-state index contributed by atoms with van der Waals surface area (Å²) in [5.74, 6) is -0.126. The number of aliphatic hydroxyl groups excluding tert-OH is 1. The molecule has 0 radical (unpaired) electrons. The summed E-state index contributed by atoms with van der Waals surface area (Å²) in [4.78, 5) is 14.1. The number of aromatic amines is 1. The molecule has 1 saturated heterocycles. The third-order valence-electron chi connectivity index (χ3n) is 3.61. The van der Waals surface area contributed by atoms with Crippen LogP contribution in [0.15, 0.2) is 0 Å². The number of aliphatic hydroxyl groups is 1. The molecule has 112 valence electrons. The van der Waals surface area contributed by atoms with Crippen molar-refractivity contribution in [2.24, 2.45) is 0 Å². The predicted octanol–water partition coefficient (Wildman–Crippen LogP) is 0.168. The van der Waals surface area contributed by atoms with Gasteiger partial charge in [0.25, 0.3) is 5.91 Å². The summed E-state index contributed by atoms with van der Waals surface area (Å²) in [7, 11) is 0. The fourth-order valence-electron chi connectivity index (χ4n) is 2.41. The highest BCUT2D eigenvalue weighted by Crippen LogP contribution is 2.20. The van der Waals surface area contributed by atoms with Crippen molar-refractivity contribution in [1.29, 1.82) is 0 Å². The molecule has 2 rings (SSSR count). The highest BCUT2D eigenvalue weighted by atomic mass is 16.5. The molecule has 0 aromatic carbocycles. The smallest absolute Gasteiger partial charge is 0.276 e. The lowest BCUT2D eigenvalue weighted by atomic mass is 10.1. The molecule has 4 N–H and O–H groups in total. The van der Waals surface area contributed by atoms with Crippen molar-refractivity contribution in [1.82, 2.24) is 15.1 Å². The van der Waals surface area contributed by atoms with Crippen molar-refractivity contribution < 1.29 is 14.6 Å². The maximum Gasteiger partial charge on any atom is 0.276 e. The first-order chi connectivity index (χ1) is 9.67. The van der Waals surface area contributed by atoms with E-state index in [0.717, 1.165) is 25.0 Å². The fourth-order valence-corrected chi connectivity index (χ4v) is 2.41. The predicted molar refractivity (Wildman–Crippen MR) is 74.3 cm³/mol. The zero-order valence-electron chi connectivity index (χ0n) is 11.8. The lowest BCUT2D eigenvalue weighted by Gasteiger charge is -2.31. The van der Waals surface area contributed by atoms with Crippen molar-refractivity contribution in [2.75, 3.05) is 32.0 Å². The summed E-state index contributed by atoms with van der Waals surface area (Å²) in [6, 6.07) is 0. The number of likely N-dealkylation sites (tertiary alicyclic amines) is 1. The van der Waals surface area contributed by atoms with Gasteiger partial charge in [-0.25, -0.2) is 0 Å². The molecule has 1 aliphatic heterocycles. The van der Waals surface area contributed by atoms with Crippen LogP contribution in [0.25, 0.3) is 0 Å².